The first-order valence-corrected chi connectivity index (χ1v) is 7.25. The van der Waals surface area contributed by atoms with E-state index in [1.165, 1.54) is 4.90 Å². The van der Waals surface area contributed by atoms with E-state index in [0.29, 0.717) is 31.1 Å². The van der Waals surface area contributed by atoms with E-state index >= 15 is 0 Å². The van der Waals surface area contributed by atoms with Crippen molar-refractivity contribution in [2.75, 3.05) is 25.9 Å². The van der Waals surface area contributed by atoms with Crippen LogP contribution in [0.4, 0.5) is 10.5 Å². The molecule has 0 unspecified atom stereocenters. The quantitative estimate of drug-likeness (QED) is 0.867. The van der Waals surface area contributed by atoms with Crippen LogP contribution in [0.5, 0.6) is 5.75 Å². The summed E-state index contributed by atoms with van der Waals surface area (Å²) in [5, 5.41) is 0. The molecule has 0 fully saturated rings. The van der Waals surface area contributed by atoms with Crippen molar-refractivity contribution in [3.8, 4) is 5.75 Å². The number of aliphatic imine (C=N–C) groups is 1. The number of carbonyl (C=O) groups excluding carboxylic acids is 1. The Hall–Kier alpha value is -2.24. The maximum absolute atomic E-state index is 11.8. The Morgan fingerprint density at radius 1 is 1.41 bits per heavy atom. The fraction of sp³-hybridized carbons (Fsp3) is 0.500. The second-order valence-corrected chi connectivity index (χ2v) is 6.31. The van der Waals surface area contributed by atoms with Gasteiger partial charge in [-0.25, -0.2) is 4.79 Å². The topological polar surface area (TPSA) is 77.2 Å². The Morgan fingerprint density at radius 3 is 2.82 bits per heavy atom. The Morgan fingerprint density at radius 2 is 2.14 bits per heavy atom. The molecule has 1 aromatic carbocycles. The predicted octanol–water partition coefficient (Wildman–Crippen LogP) is 2.45. The van der Waals surface area contributed by atoms with Gasteiger partial charge in [-0.1, -0.05) is 0 Å². The number of hydrogen-bond donors (Lipinski definition) is 1. The van der Waals surface area contributed by atoms with E-state index in [1.54, 1.807) is 7.05 Å². The number of nitrogens with two attached hydrogens (primary N) is 1. The van der Waals surface area contributed by atoms with Gasteiger partial charge in [0.1, 0.15) is 18.0 Å². The van der Waals surface area contributed by atoms with Gasteiger partial charge in [0, 0.05) is 13.3 Å². The van der Waals surface area contributed by atoms with Crippen LogP contribution in [-0.2, 0) is 11.3 Å². The van der Waals surface area contributed by atoms with Gasteiger partial charge in [-0.15, -0.1) is 0 Å². The number of likely N-dealkylation sites (N-methyl/N-ethyl adjacent to an activating group) is 1. The molecule has 0 aliphatic carbocycles. The molecule has 1 aliphatic heterocycles. The number of benzene rings is 1. The summed E-state index contributed by atoms with van der Waals surface area (Å²) in [5.74, 6) is 0.627. The van der Waals surface area contributed by atoms with Crippen LogP contribution in [0.2, 0.25) is 0 Å². The Labute approximate surface area is 130 Å². The lowest BCUT2D eigenvalue weighted by Gasteiger charge is -2.24. The van der Waals surface area contributed by atoms with Crippen LogP contribution in [-0.4, -0.2) is 43.0 Å². The van der Waals surface area contributed by atoms with Gasteiger partial charge in [0.05, 0.1) is 18.8 Å². The van der Waals surface area contributed by atoms with Gasteiger partial charge < -0.3 is 20.1 Å². The number of hydrogen-bond acceptors (Lipinski definition) is 5. The molecule has 1 aliphatic rings. The summed E-state index contributed by atoms with van der Waals surface area (Å²) in [5.41, 5.74) is 8.17. The molecule has 1 aromatic rings. The minimum absolute atomic E-state index is 0.347. The zero-order valence-electron chi connectivity index (χ0n) is 13.5. The lowest BCUT2D eigenvalue weighted by molar-refractivity contribution is 0.0278. The highest BCUT2D eigenvalue weighted by Crippen LogP contribution is 2.28. The van der Waals surface area contributed by atoms with Gasteiger partial charge >= 0.3 is 6.09 Å². The van der Waals surface area contributed by atoms with Gasteiger partial charge in [0.25, 0.3) is 0 Å². The standard InChI is InChI=1S/C16H23N3O3/c1-16(2,3)22-15(20)19(4)5-6-21-14-8-12-10-18-9-11(12)7-13(14)17/h7-9H,5-6,10,17H2,1-4H3. The fourth-order valence-electron chi connectivity index (χ4n) is 2.00. The van der Waals surface area contributed by atoms with E-state index in [1.807, 2.05) is 39.1 Å². The van der Waals surface area contributed by atoms with Crippen molar-refractivity contribution in [3.05, 3.63) is 23.3 Å². The monoisotopic (exact) mass is 305 g/mol. The average Bonchev–Trinajstić information content (AvgIpc) is 2.83. The fourth-order valence-corrected chi connectivity index (χ4v) is 2.00. The highest BCUT2D eigenvalue weighted by molar-refractivity contribution is 5.86. The highest BCUT2D eigenvalue weighted by Gasteiger charge is 2.19. The summed E-state index contributed by atoms with van der Waals surface area (Å²) < 4.78 is 11.0. The van der Waals surface area contributed by atoms with Crippen molar-refractivity contribution in [1.82, 2.24) is 4.90 Å². The minimum atomic E-state index is -0.503. The number of amides is 1. The third kappa shape index (κ3) is 4.13. The molecule has 0 radical (unpaired) electrons. The van der Waals surface area contributed by atoms with Gasteiger partial charge in [-0.3, -0.25) is 4.99 Å². The zero-order valence-corrected chi connectivity index (χ0v) is 13.5. The predicted molar refractivity (Wildman–Crippen MR) is 86.5 cm³/mol. The van der Waals surface area contributed by atoms with E-state index in [9.17, 15) is 4.79 Å². The Bertz CT molecular complexity index is 591. The first kappa shape index (κ1) is 16.1. The van der Waals surface area contributed by atoms with Crippen LogP contribution in [0.15, 0.2) is 17.1 Å². The summed E-state index contributed by atoms with van der Waals surface area (Å²) in [4.78, 5) is 17.5. The van der Waals surface area contributed by atoms with E-state index in [-0.39, 0.29) is 6.09 Å². The number of ether oxygens (including phenoxy) is 2. The van der Waals surface area contributed by atoms with Gasteiger partial charge in [0.2, 0.25) is 0 Å². The van der Waals surface area contributed by atoms with E-state index < -0.39 is 5.60 Å². The van der Waals surface area contributed by atoms with Crippen molar-refractivity contribution in [2.45, 2.75) is 32.9 Å². The largest absolute Gasteiger partial charge is 0.490 e. The third-order valence-electron chi connectivity index (χ3n) is 3.15. The molecule has 0 saturated heterocycles. The molecule has 0 bridgehead atoms. The van der Waals surface area contributed by atoms with E-state index in [2.05, 4.69) is 4.99 Å². The van der Waals surface area contributed by atoms with Crippen molar-refractivity contribution in [2.24, 2.45) is 4.99 Å². The number of rotatable bonds is 4. The molecular formula is C16H23N3O3. The number of fused-ring (bicyclic) bond motifs is 1. The molecule has 0 saturated carbocycles. The Balaban J connectivity index is 1.85. The number of nitrogen functional groups attached to an aromatic ring is 1. The second-order valence-electron chi connectivity index (χ2n) is 6.31. The first-order chi connectivity index (χ1) is 10.3. The van der Waals surface area contributed by atoms with Crippen LogP contribution in [0, 0.1) is 0 Å². The summed E-state index contributed by atoms with van der Waals surface area (Å²) in [6.45, 7) is 6.93. The van der Waals surface area contributed by atoms with Crippen LogP contribution in [0.3, 0.4) is 0 Å². The van der Waals surface area contributed by atoms with Gasteiger partial charge in [-0.05, 0) is 44.0 Å². The maximum atomic E-state index is 11.8. The second kappa shape index (κ2) is 6.25. The first-order valence-electron chi connectivity index (χ1n) is 7.25. The third-order valence-corrected chi connectivity index (χ3v) is 3.15. The summed E-state index contributed by atoms with van der Waals surface area (Å²) in [6.07, 6.45) is 1.44. The van der Waals surface area contributed by atoms with E-state index in [4.69, 9.17) is 15.2 Å². The lowest BCUT2D eigenvalue weighted by atomic mass is 10.1. The summed E-state index contributed by atoms with van der Waals surface area (Å²) in [7, 11) is 1.68. The van der Waals surface area contributed by atoms with Gasteiger partial charge in [-0.2, -0.15) is 0 Å². The van der Waals surface area contributed by atoms with Crippen LogP contribution in [0.25, 0.3) is 0 Å². The van der Waals surface area contributed by atoms with Gasteiger partial charge in [0.15, 0.2) is 0 Å². The maximum Gasteiger partial charge on any atom is 0.410 e. The van der Waals surface area contributed by atoms with Crippen molar-refractivity contribution in [1.29, 1.82) is 0 Å². The molecule has 1 heterocycles. The molecular weight excluding hydrogens is 282 g/mol. The molecule has 2 rings (SSSR count). The molecule has 22 heavy (non-hydrogen) atoms. The van der Waals surface area contributed by atoms with Crippen molar-refractivity contribution >= 4 is 18.0 Å². The molecule has 6 heteroatoms. The molecule has 0 spiro atoms. The lowest BCUT2D eigenvalue weighted by Crippen LogP contribution is -2.36. The summed E-state index contributed by atoms with van der Waals surface area (Å²) in [6, 6.07) is 3.77. The number of carbonyl (C=O) groups is 1. The van der Waals surface area contributed by atoms with E-state index in [0.717, 1.165) is 11.1 Å². The highest BCUT2D eigenvalue weighted by atomic mass is 16.6. The summed E-state index contributed by atoms with van der Waals surface area (Å²) >= 11 is 0. The van der Waals surface area contributed by atoms with Crippen molar-refractivity contribution < 1.29 is 14.3 Å². The molecule has 2 N–H and O–H groups in total. The number of anilines is 1. The number of nitrogens with zero attached hydrogens (tertiary/aromatic N) is 2. The Kier molecular flexibility index (Phi) is 4.59. The van der Waals surface area contributed by atoms with Crippen molar-refractivity contribution in [3.63, 3.8) is 0 Å². The molecule has 0 atom stereocenters. The van der Waals surface area contributed by atoms with Crippen LogP contribution in [0.1, 0.15) is 31.9 Å². The normalized spacial score (nSPS) is 12.9. The molecule has 6 nitrogen and oxygen atoms in total. The van der Waals surface area contributed by atoms with Crippen LogP contribution < -0.4 is 10.5 Å². The van der Waals surface area contributed by atoms with Crippen LogP contribution >= 0.6 is 0 Å². The SMILES string of the molecule is CN(CCOc1cc2c(cc1N)C=NC2)C(=O)OC(C)(C)C. The molecule has 120 valence electrons. The molecule has 0 aromatic heterocycles. The zero-order chi connectivity index (χ0) is 16.3. The molecule has 1 amide bonds. The smallest absolute Gasteiger partial charge is 0.410 e. The average molecular weight is 305 g/mol. The minimum Gasteiger partial charge on any atom is -0.490 e.